The summed E-state index contributed by atoms with van der Waals surface area (Å²) < 4.78 is 53.8. The van der Waals surface area contributed by atoms with Gasteiger partial charge in [-0.1, -0.05) is 0 Å². The number of aliphatic hydroxyl groups is 1. The van der Waals surface area contributed by atoms with Gasteiger partial charge in [-0.05, 0) is 24.3 Å². The van der Waals surface area contributed by atoms with Gasteiger partial charge in [-0.3, -0.25) is 0 Å². The number of hydrogen-bond donors (Lipinski definition) is 1. The minimum absolute atomic E-state index is 0.129. The molecule has 1 unspecified atom stereocenters. The van der Waals surface area contributed by atoms with Crippen LogP contribution in [0.5, 0.6) is 5.75 Å². The fourth-order valence-corrected chi connectivity index (χ4v) is 0.978. The van der Waals surface area contributed by atoms with Crippen LogP contribution in [-0.4, -0.2) is 24.5 Å². The molecular formula is C10H10F4O2. The summed E-state index contributed by atoms with van der Waals surface area (Å²) in [7, 11) is 0. The normalized spacial score (nSPS) is 13.6. The Labute approximate surface area is 89.5 Å². The molecule has 0 amide bonds. The molecule has 1 rings (SSSR count). The van der Waals surface area contributed by atoms with E-state index in [1.165, 1.54) is 12.1 Å². The van der Waals surface area contributed by atoms with Crippen molar-refractivity contribution < 1.29 is 27.4 Å². The van der Waals surface area contributed by atoms with Crippen molar-refractivity contribution in [2.24, 2.45) is 5.92 Å². The van der Waals surface area contributed by atoms with E-state index in [1.54, 1.807) is 0 Å². The second-order valence-electron chi connectivity index (χ2n) is 3.19. The van der Waals surface area contributed by atoms with Gasteiger partial charge in [0.25, 0.3) is 0 Å². The summed E-state index contributed by atoms with van der Waals surface area (Å²) in [5, 5.41) is 8.52. The first kappa shape index (κ1) is 12.8. The molecule has 0 saturated heterocycles. The Morgan fingerprint density at radius 3 is 2.19 bits per heavy atom. The molecule has 0 spiro atoms. The standard InChI is InChI=1S/C10H10F4O2/c11-8-1-3-9(4-2-8)16-6-7(5-15)10(12,13)14/h1-4,7,15H,5-6H2. The summed E-state index contributed by atoms with van der Waals surface area (Å²) in [6.45, 7) is -1.73. The summed E-state index contributed by atoms with van der Waals surface area (Å²) >= 11 is 0. The van der Waals surface area contributed by atoms with Gasteiger partial charge in [-0.15, -0.1) is 0 Å². The van der Waals surface area contributed by atoms with Crippen LogP contribution in [0.3, 0.4) is 0 Å². The quantitative estimate of drug-likeness (QED) is 0.816. The molecule has 0 heterocycles. The van der Waals surface area contributed by atoms with Crippen LogP contribution in [0.4, 0.5) is 17.6 Å². The van der Waals surface area contributed by atoms with Gasteiger partial charge < -0.3 is 9.84 Å². The number of hydrogen-bond acceptors (Lipinski definition) is 2. The van der Waals surface area contributed by atoms with Crippen LogP contribution in [-0.2, 0) is 0 Å². The van der Waals surface area contributed by atoms with Gasteiger partial charge >= 0.3 is 6.18 Å². The van der Waals surface area contributed by atoms with Crippen LogP contribution in [0.25, 0.3) is 0 Å². The second kappa shape index (κ2) is 5.16. The molecule has 0 aliphatic heterocycles. The SMILES string of the molecule is OCC(COc1ccc(F)cc1)C(F)(F)F. The fraction of sp³-hybridized carbons (Fsp3) is 0.400. The van der Waals surface area contributed by atoms with Crippen molar-refractivity contribution >= 4 is 0 Å². The number of benzene rings is 1. The van der Waals surface area contributed by atoms with E-state index in [9.17, 15) is 17.6 Å². The van der Waals surface area contributed by atoms with E-state index in [4.69, 9.17) is 9.84 Å². The highest BCUT2D eigenvalue weighted by Gasteiger charge is 2.39. The van der Waals surface area contributed by atoms with Gasteiger partial charge in [-0.2, -0.15) is 13.2 Å². The molecular weight excluding hydrogens is 228 g/mol. The number of alkyl halides is 3. The molecule has 0 aliphatic rings. The van der Waals surface area contributed by atoms with Gasteiger partial charge in [0.2, 0.25) is 0 Å². The first-order valence-electron chi connectivity index (χ1n) is 4.49. The lowest BCUT2D eigenvalue weighted by Crippen LogP contribution is -2.31. The van der Waals surface area contributed by atoms with Crippen molar-refractivity contribution in [3.05, 3.63) is 30.1 Å². The van der Waals surface area contributed by atoms with Crippen molar-refractivity contribution in [1.29, 1.82) is 0 Å². The third-order valence-electron chi connectivity index (χ3n) is 1.95. The second-order valence-corrected chi connectivity index (χ2v) is 3.19. The van der Waals surface area contributed by atoms with E-state index in [0.717, 1.165) is 12.1 Å². The van der Waals surface area contributed by atoms with Gasteiger partial charge in [0.15, 0.2) is 0 Å². The zero-order chi connectivity index (χ0) is 12.2. The monoisotopic (exact) mass is 238 g/mol. The van der Waals surface area contributed by atoms with E-state index in [2.05, 4.69) is 0 Å². The van der Waals surface area contributed by atoms with Crippen LogP contribution in [0.1, 0.15) is 0 Å². The minimum atomic E-state index is -4.51. The molecule has 0 radical (unpaired) electrons. The van der Waals surface area contributed by atoms with Crippen molar-refractivity contribution in [3.8, 4) is 5.75 Å². The number of aliphatic hydroxyl groups excluding tert-OH is 1. The molecule has 0 aliphatic carbocycles. The van der Waals surface area contributed by atoms with Crippen molar-refractivity contribution in [2.45, 2.75) is 6.18 Å². The summed E-state index contributed by atoms with van der Waals surface area (Å²) in [5.74, 6) is -2.30. The zero-order valence-electron chi connectivity index (χ0n) is 8.17. The van der Waals surface area contributed by atoms with Gasteiger partial charge in [-0.25, -0.2) is 4.39 Å². The summed E-state index contributed by atoms with van der Waals surface area (Å²) in [4.78, 5) is 0. The Morgan fingerprint density at radius 1 is 1.19 bits per heavy atom. The maximum Gasteiger partial charge on any atom is 0.397 e. The molecule has 2 nitrogen and oxygen atoms in total. The van der Waals surface area contributed by atoms with Crippen molar-refractivity contribution in [2.75, 3.05) is 13.2 Å². The minimum Gasteiger partial charge on any atom is -0.493 e. The van der Waals surface area contributed by atoms with Gasteiger partial charge in [0, 0.05) is 0 Å². The van der Waals surface area contributed by atoms with Crippen LogP contribution >= 0.6 is 0 Å². The van der Waals surface area contributed by atoms with Crippen molar-refractivity contribution in [1.82, 2.24) is 0 Å². The number of ether oxygens (including phenoxy) is 1. The van der Waals surface area contributed by atoms with Crippen LogP contribution in [0.15, 0.2) is 24.3 Å². The Bertz CT molecular complexity index is 321. The van der Waals surface area contributed by atoms with E-state index < -0.39 is 31.1 Å². The molecule has 1 aromatic rings. The third kappa shape index (κ3) is 3.69. The first-order valence-corrected chi connectivity index (χ1v) is 4.49. The molecule has 0 bridgehead atoms. The predicted octanol–water partition coefficient (Wildman–Crippen LogP) is 2.38. The molecule has 6 heteroatoms. The molecule has 16 heavy (non-hydrogen) atoms. The lowest BCUT2D eigenvalue weighted by atomic mass is 10.2. The largest absolute Gasteiger partial charge is 0.493 e. The molecule has 0 fully saturated rings. The lowest BCUT2D eigenvalue weighted by molar-refractivity contribution is -0.190. The van der Waals surface area contributed by atoms with E-state index in [0.29, 0.717) is 0 Å². The molecule has 1 N–H and O–H groups in total. The number of halogens is 4. The maximum atomic E-state index is 12.5. The maximum absolute atomic E-state index is 12.5. The molecule has 1 aromatic carbocycles. The number of rotatable bonds is 4. The Kier molecular flexibility index (Phi) is 4.12. The van der Waals surface area contributed by atoms with Crippen LogP contribution < -0.4 is 4.74 Å². The van der Waals surface area contributed by atoms with Gasteiger partial charge in [0.1, 0.15) is 24.1 Å². The third-order valence-corrected chi connectivity index (χ3v) is 1.95. The average Bonchev–Trinajstić information content (AvgIpc) is 2.19. The smallest absolute Gasteiger partial charge is 0.397 e. The fourth-order valence-electron chi connectivity index (χ4n) is 0.978. The van der Waals surface area contributed by atoms with E-state index >= 15 is 0 Å². The first-order chi connectivity index (χ1) is 7.43. The summed E-state index contributed by atoms with van der Waals surface area (Å²) in [5.41, 5.74) is 0. The van der Waals surface area contributed by atoms with Crippen LogP contribution in [0, 0.1) is 11.7 Å². The molecule has 0 saturated carbocycles. The lowest BCUT2D eigenvalue weighted by Gasteiger charge is -2.18. The van der Waals surface area contributed by atoms with E-state index in [-0.39, 0.29) is 5.75 Å². The molecule has 1 atom stereocenters. The highest BCUT2D eigenvalue weighted by molar-refractivity contribution is 5.22. The zero-order valence-corrected chi connectivity index (χ0v) is 8.17. The molecule has 90 valence electrons. The van der Waals surface area contributed by atoms with Crippen molar-refractivity contribution in [3.63, 3.8) is 0 Å². The highest BCUT2D eigenvalue weighted by Crippen LogP contribution is 2.26. The van der Waals surface area contributed by atoms with Gasteiger partial charge in [0.05, 0.1) is 6.61 Å². The molecule has 0 aromatic heterocycles. The summed E-state index contributed by atoms with van der Waals surface area (Å²) in [6.07, 6.45) is -4.51. The average molecular weight is 238 g/mol. The predicted molar refractivity (Wildman–Crippen MR) is 48.5 cm³/mol. The summed E-state index contributed by atoms with van der Waals surface area (Å²) in [6, 6.07) is 4.61. The Hall–Kier alpha value is -1.30. The highest BCUT2D eigenvalue weighted by atomic mass is 19.4. The Balaban J connectivity index is 2.53. The van der Waals surface area contributed by atoms with E-state index in [1.807, 2.05) is 0 Å². The topological polar surface area (TPSA) is 29.5 Å². The van der Waals surface area contributed by atoms with Crippen LogP contribution in [0.2, 0.25) is 0 Å². The Morgan fingerprint density at radius 2 is 1.75 bits per heavy atom.